The van der Waals surface area contributed by atoms with Gasteiger partial charge in [-0.05, 0) is 30.7 Å². The molecule has 18 heavy (non-hydrogen) atoms. The lowest BCUT2D eigenvalue weighted by Crippen LogP contribution is -2.27. The average Bonchev–Trinajstić information content (AvgIpc) is 2.90. The van der Waals surface area contributed by atoms with Crippen LogP contribution in [0.1, 0.15) is 24.9 Å². The van der Waals surface area contributed by atoms with Crippen molar-refractivity contribution in [2.45, 2.75) is 25.9 Å². The molecule has 0 unspecified atom stereocenters. The summed E-state index contributed by atoms with van der Waals surface area (Å²) in [7, 11) is 0. The summed E-state index contributed by atoms with van der Waals surface area (Å²) < 4.78 is 1.75. The van der Waals surface area contributed by atoms with Crippen molar-refractivity contribution >= 4 is 5.91 Å². The van der Waals surface area contributed by atoms with E-state index in [1.165, 1.54) is 0 Å². The number of aryl methyl sites for hydroxylation is 1. The number of carbonyl (C=O) groups is 1. The predicted molar refractivity (Wildman–Crippen MR) is 67.6 cm³/mol. The van der Waals surface area contributed by atoms with E-state index in [0.717, 1.165) is 5.56 Å². The largest absolute Gasteiger partial charge is 0.350 e. The fourth-order valence-corrected chi connectivity index (χ4v) is 1.70. The normalized spacial score (nSPS) is 12.1. The third kappa shape index (κ3) is 3.41. The molecule has 0 saturated carbocycles. The first-order valence-corrected chi connectivity index (χ1v) is 5.92. The maximum atomic E-state index is 11.8. The number of nitrogens with one attached hydrogen (secondary N) is 1. The van der Waals surface area contributed by atoms with Crippen LogP contribution in [-0.2, 0) is 11.3 Å². The Labute approximate surface area is 106 Å². The van der Waals surface area contributed by atoms with Crippen LogP contribution in [0.2, 0.25) is 0 Å². The van der Waals surface area contributed by atoms with Crippen LogP contribution >= 0.6 is 0 Å². The van der Waals surface area contributed by atoms with Crippen molar-refractivity contribution in [3.63, 3.8) is 0 Å². The van der Waals surface area contributed by atoms with Gasteiger partial charge in [0.1, 0.15) is 0 Å². The van der Waals surface area contributed by atoms with E-state index in [4.69, 9.17) is 0 Å². The second-order valence-corrected chi connectivity index (χ2v) is 4.09. The van der Waals surface area contributed by atoms with E-state index in [9.17, 15) is 4.79 Å². The lowest BCUT2D eigenvalue weighted by molar-refractivity contribution is -0.122. The van der Waals surface area contributed by atoms with Crippen LogP contribution in [0.4, 0.5) is 0 Å². The number of pyridine rings is 1. The van der Waals surface area contributed by atoms with E-state index in [1.54, 1.807) is 23.3 Å². The molecule has 2 rings (SSSR count). The van der Waals surface area contributed by atoms with Crippen molar-refractivity contribution < 1.29 is 4.79 Å². The summed E-state index contributed by atoms with van der Waals surface area (Å²) in [4.78, 5) is 15.7. The maximum absolute atomic E-state index is 11.8. The van der Waals surface area contributed by atoms with Crippen molar-refractivity contribution in [1.82, 2.24) is 20.1 Å². The Hall–Kier alpha value is -2.17. The SMILES string of the molecule is C[C@@H](NC(=O)CCn1cccn1)c1ccncc1. The highest BCUT2D eigenvalue weighted by molar-refractivity contribution is 5.76. The fourth-order valence-electron chi connectivity index (χ4n) is 1.70. The molecule has 2 aromatic rings. The highest BCUT2D eigenvalue weighted by atomic mass is 16.1. The summed E-state index contributed by atoms with van der Waals surface area (Å²) >= 11 is 0. The Bertz CT molecular complexity index is 481. The van der Waals surface area contributed by atoms with Gasteiger partial charge in [0.2, 0.25) is 5.91 Å². The average molecular weight is 244 g/mol. The first-order chi connectivity index (χ1) is 8.75. The van der Waals surface area contributed by atoms with Gasteiger partial charge in [-0.25, -0.2) is 0 Å². The molecular formula is C13H16N4O. The van der Waals surface area contributed by atoms with Gasteiger partial charge in [-0.2, -0.15) is 5.10 Å². The standard InChI is InChI=1S/C13H16N4O/c1-11(12-3-7-14-8-4-12)16-13(18)5-10-17-9-2-6-15-17/h2-4,6-9,11H,5,10H2,1H3,(H,16,18)/t11-/m1/s1. The molecule has 1 N–H and O–H groups in total. The first-order valence-electron chi connectivity index (χ1n) is 5.92. The Morgan fingerprint density at radius 2 is 2.17 bits per heavy atom. The molecule has 1 amide bonds. The Morgan fingerprint density at radius 1 is 1.39 bits per heavy atom. The highest BCUT2D eigenvalue weighted by Crippen LogP contribution is 2.10. The van der Waals surface area contributed by atoms with Crippen LogP contribution in [0.25, 0.3) is 0 Å². The zero-order valence-electron chi connectivity index (χ0n) is 10.3. The van der Waals surface area contributed by atoms with E-state index >= 15 is 0 Å². The summed E-state index contributed by atoms with van der Waals surface area (Å²) in [5, 5.41) is 7.00. The molecule has 5 heteroatoms. The maximum Gasteiger partial charge on any atom is 0.222 e. The molecule has 0 aliphatic rings. The second kappa shape index (κ2) is 5.95. The molecule has 0 aromatic carbocycles. The van der Waals surface area contributed by atoms with Crippen molar-refractivity contribution in [3.05, 3.63) is 48.5 Å². The summed E-state index contributed by atoms with van der Waals surface area (Å²) in [5.74, 6) is 0.0230. The number of carbonyl (C=O) groups excluding carboxylic acids is 1. The predicted octanol–water partition coefficient (Wildman–Crippen LogP) is 1.55. The summed E-state index contributed by atoms with van der Waals surface area (Å²) in [6.45, 7) is 2.56. The minimum Gasteiger partial charge on any atom is -0.350 e. The van der Waals surface area contributed by atoms with E-state index in [2.05, 4.69) is 15.4 Å². The van der Waals surface area contributed by atoms with E-state index in [-0.39, 0.29) is 11.9 Å². The van der Waals surface area contributed by atoms with Crippen molar-refractivity contribution in [3.8, 4) is 0 Å². The van der Waals surface area contributed by atoms with E-state index < -0.39 is 0 Å². The quantitative estimate of drug-likeness (QED) is 0.868. The highest BCUT2D eigenvalue weighted by Gasteiger charge is 2.09. The third-order valence-corrected chi connectivity index (χ3v) is 2.71. The molecule has 2 aromatic heterocycles. The van der Waals surface area contributed by atoms with Crippen molar-refractivity contribution in [2.75, 3.05) is 0 Å². The van der Waals surface area contributed by atoms with Crippen molar-refractivity contribution in [2.24, 2.45) is 0 Å². The topological polar surface area (TPSA) is 59.8 Å². The number of nitrogens with zero attached hydrogens (tertiary/aromatic N) is 3. The van der Waals surface area contributed by atoms with Crippen LogP contribution in [0.5, 0.6) is 0 Å². The molecule has 0 saturated heterocycles. The molecule has 0 fully saturated rings. The number of aromatic nitrogens is 3. The van der Waals surface area contributed by atoms with E-state index in [0.29, 0.717) is 13.0 Å². The number of hydrogen-bond donors (Lipinski definition) is 1. The lowest BCUT2D eigenvalue weighted by Gasteiger charge is -2.13. The van der Waals surface area contributed by atoms with Gasteiger partial charge in [0.15, 0.2) is 0 Å². The smallest absolute Gasteiger partial charge is 0.222 e. The van der Waals surface area contributed by atoms with Crippen molar-refractivity contribution in [1.29, 1.82) is 0 Å². The summed E-state index contributed by atoms with van der Waals surface area (Å²) in [6, 6.07) is 5.65. The zero-order chi connectivity index (χ0) is 12.8. The Balaban J connectivity index is 1.80. The van der Waals surface area contributed by atoms with E-state index in [1.807, 2.05) is 31.3 Å². The van der Waals surface area contributed by atoms with Gasteiger partial charge in [-0.15, -0.1) is 0 Å². The van der Waals surface area contributed by atoms with Crippen LogP contribution in [0.15, 0.2) is 43.0 Å². The molecule has 94 valence electrons. The van der Waals surface area contributed by atoms with Gasteiger partial charge in [0.05, 0.1) is 6.04 Å². The van der Waals surface area contributed by atoms with Gasteiger partial charge >= 0.3 is 0 Å². The molecule has 1 atom stereocenters. The van der Waals surface area contributed by atoms with Gasteiger partial charge in [-0.1, -0.05) is 0 Å². The molecule has 0 bridgehead atoms. The fraction of sp³-hybridized carbons (Fsp3) is 0.308. The van der Waals surface area contributed by atoms with Gasteiger partial charge in [0, 0.05) is 37.8 Å². The monoisotopic (exact) mass is 244 g/mol. The number of hydrogen-bond acceptors (Lipinski definition) is 3. The second-order valence-electron chi connectivity index (χ2n) is 4.09. The van der Waals surface area contributed by atoms with Gasteiger partial charge in [-0.3, -0.25) is 14.5 Å². The Kier molecular flexibility index (Phi) is 4.06. The van der Waals surface area contributed by atoms with Crippen LogP contribution < -0.4 is 5.32 Å². The third-order valence-electron chi connectivity index (χ3n) is 2.71. The Morgan fingerprint density at radius 3 is 2.83 bits per heavy atom. The molecule has 0 aliphatic heterocycles. The molecule has 5 nitrogen and oxygen atoms in total. The van der Waals surface area contributed by atoms with Crippen LogP contribution in [0, 0.1) is 0 Å². The van der Waals surface area contributed by atoms with Crippen LogP contribution in [-0.4, -0.2) is 20.7 Å². The molecule has 2 heterocycles. The summed E-state index contributed by atoms with van der Waals surface area (Å²) in [5.41, 5.74) is 1.05. The van der Waals surface area contributed by atoms with Gasteiger partial charge in [0.25, 0.3) is 0 Å². The number of amides is 1. The minimum absolute atomic E-state index is 0.00174. The minimum atomic E-state index is -0.00174. The molecule has 0 spiro atoms. The molecule has 0 aliphatic carbocycles. The van der Waals surface area contributed by atoms with Gasteiger partial charge < -0.3 is 5.32 Å². The van der Waals surface area contributed by atoms with Crippen LogP contribution in [0.3, 0.4) is 0 Å². The lowest BCUT2D eigenvalue weighted by atomic mass is 10.1. The molecular weight excluding hydrogens is 228 g/mol. The number of rotatable bonds is 5. The first kappa shape index (κ1) is 12.3. The zero-order valence-corrected chi connectivity index (χ0v) is 10.3. The summed E-state index contributed by atoms with van der Waals surface area (Å²) in [6.07, 6.45) is 7.43. The molecule has 0 radical (unpaired) electrons.